The molecule has 1 N–H and O–H groups in total. The van der Waals surface area contributed by atoms with Gasteiger partial charge in [-0.05, 0) is 42.7 Å². The first-order valence-corrected chi connectivity index (χ1v) is 7.49. The molecular weight excluding hydrogens is 252 g/mol. The molecule has 2 heterocycles. The fourth-order valence-electron chi connectivity index (χ4n) is 3.67. The van der Waals surface area contributed by atoms with Crippen molar-refractivity contribution >= 4 is 5.97 Å². The maximum atomic E-state index is 11.8. The third kappa shape index (κ3) is 2.14. The first kappa shape index (κ1) is 13.6. The van der Waals surface area contributed by atoms with Crippen LogP contribution < -0.4 is 0 Å². The van der Waals surface area contributed by atoms with Crippen LogP contribution in [0.1, 0.15) is 50.2 Å². The number of hydrogen-bond donors (Lipinski definition) is 1. The quantitative estimate of drug-likeness (QED) is 0.915. The van der Waals surface area contributed by atoms with Gasteiger partial charge in [0, 0.05) is 0 Å². The van der Waals surface area contributed by atoms with Crippen LogP contribution in [0.3, 0.4) is 0 Å². The minimum atomic E-state index is -0.706. The van der Waals surface area contributed by atoms with Crippen molar-refractivity contribution in [1.29, 1.82) is 0 Å². The lowest BCUT2D eigenvalue weighted by Gasteiger charge is -2.31. The Balaban J connectivity index is 1.83. The van der Waals surface area contributed by atoms with Gasteiger partial charge in [-0.25, -0.2) is 0 Å². The predicted molar refractivity (Wildman–Crippen MR) is 76.8 cm³/mol. The Morgan fingerprint density at radius 2 is 2.05 bits per heavy atom. The number of benzene rings is 1. The molecule has 2 aliphatic heterocycles. The summed E-state index contributed by atoms with van der Waals surface area (Å²) >= 11 is 0. The van der Waals surface area contributed by atoms with Gasteiger partial charge in [-0.15, -0.1) is 0 Å². The molecule has 108 valence electrons. The van der Waals surface area contributed by atoms with Gasteiger partial charge in [0.2, 0.25) is 0 Å². The minimum absolute atomic E-state index is 0.102. The van der Waals surface area contributed by atoms with Crippen LogP contribution in [-0.2, 0) is 16.0 Å². The molecule has 20 heavy (non-hydrogen) atoms. The van der Waals surface area contributed by atoms with Crippen molar-refractivity contribution in [2.24, 2.45) is 5.41 Å². The van der Waals surface area contributed by atoms with Crippen LogP contribution in [0.15, 0.2) is 24.3 Å². The zero-order chi connectivity index (χ0) is 14.3. The summed E-state index contributed by atoms with van der Waals surface area (Å²) in [5.74, 6) is -0.194. The zero-order valence-corrected chi connectivity index (χ0v) is 12.1. The molecular formula is C17H22O3. The van der Waals surface area contributed by atoms with E-state index in [1.54, 1.807) is 0 Å². The highest BCUT2D eigenvalue weighted by Crippen LogP contribution is 2.49. The highest BCUT2D eigenvalue weighted by atomic mass is 16.5. The van der Waals surface area contributed by atoms with E-state index >= 15 is 0 Å². The Kier molecular flexibility index (Phi) is 3.33. The number of fused-ring (bicyclic) bond motifs is 2. The van der Waals surface area contributed by atoms with Crippen molar-refractivity contribution in [2.45, 2.75) is 57.7 Å². The van der Waals surface area contributed by atoms with Crippen molar-refractivity contribution in [1.82, 2.24) is 0 Å². The van der Waals surface area contributed by atoms with E-state index in [-0.39, 0.29) is 12.2 Å². The van der Waals surface area contributed by atoms with Gasteiger partial charge < -0.3 is 9.84 Å². The van der Waals surface area contributed by atoms with Gasteiger partial charge in [-0.2, -0.15) is 0 Å². The Hall–Kier alpha value is -1.35. The summed E-state index contributed by atoms with van der Waals surface area (Å²) in [5.41, 5.74) is 1.69. The van der Waals surface area contributed by atoms with Crippen molar-refractivity contribution in [3.8, 4) is 0 Å². The maximum absolute atomic E-state index is 11.8. The molecule has 2 fully saturated rings. The largest absolute Gasteiger partial charge is 0.481 e. The van der Waals surface area contributed by atoms with E-state index in [1.807, 2.05) is 0 Å². The summed E-state index contributed by atoms with van der Waals surface area (Å²) in [5, 5.41) is 9.71. The standard InChI is InChI=1S/C17H22O3/c1-11(2)13-5-3-12(4-6-13)9-17(16(18)19)10-14-7-8-15(17)20-14/h3-6,11,14-15H,7-10H2,1-2H3,(H,18,19). The van der Waals surface area contributed by atoms with Crippen LogP contribution in [0, 0.1) is 5.41 Å². The minimum Gasteiger partial charge on any atom is -0.481 e. The number of hydrogen-bond acceptors (Lipinski definition) is 2. The fourth-order valence-corrected chi connectivity index (χ4v) is 3.67. The molecule has 0 radical (unpaired) electrons. The van der Waals surface area contributed by atoms with Crippen LogP contribution >= 0.6 is 0 Å². The third-order valence-corrected chi connectivity index (χ3v) is 4.91. The summed E-state index contributed by atoms with van der Waals surface area (Å²) < 4.78 is 5.80. The summed E-state index contributed by atoms with van der Waals surface area (Å²) in [6, 6.07) is 8.38. The van der Waals surface area contributed by atoms with Gasteiger partial charge in [-0.1, -0.05) is 38.1 Å². The molecule has 1 aromatic rings. The summed E-state index contributed by atoms with van der Waals surface area (Å²) in [6.07, 6.45) is 3.22. The molecule has 1 aromatic carbocycles. The second kappa shape index (κ2) is 4.88. The average molecular weight is 274 g/mol. The molecule has 2 aliphatic rings. The normalized spacial score (nSPS) is 31.9. The van der Waals surface area contributed by atoms with Crippen LogP contribution in [0.25, 0.3) is 0 Å². The van der Waals surface area contributed by atoms with E-state index in [0.29, 0.717) is 18.8 Å². The van der Waals surface area contributed by atoms with Crippen molar-refractivity contribution in [3.05, 3.63) is 35.4 Å². The van der Waals surface area contributed by atoms with E-state index in [4.69, 9.17) is 4.74 Å². The van der Waals surface area contributed by atoms with Gasteiger partial charge >= 0.3 is 5.97 Å². The molecule has 0 aromatic heterocycles. The van der Waals surface area contributed by atoms with Crippen LogP contribution in [0.5, 0.6) is 0 Å². The second-order valence-electron chi connectivity index (χ2n) is 6.56. The molecule has 0 spiro atoms. The van der Waals surface area contributed by atoms with Crippen LogP contribution in [0.4, 0.5) is 0 Å². The first-order valence-electron chi connectivity index (χ1n) is 7.49. The molecule has 2 saturated heterocycles. The van der Waals surface area contributed by atoms with Gasteiger partial charge in [0.05, 0.1) is 12.2 Å². The number of carbonyl (C=O) groups is 1. The summed E-state index contributed by atoms with van der Waals surface area (Å²) in [7, 11) is 0. The third-order valence-electron chi connectivity index (χ3n) is 4.91. The Morgan fingerprint density at radius 3 is 2.50 bits per heavy atom. The highest BCUT2D eigenvalue weighted by Gasteiger charge is 2.57. The number of carboxylic acid groups (broad SMARTS) is 1. The molecule has 2 bridgehead atoms. The molecule has 0 aliphatic carbocycles. The molecule has 3 nitrogen and oxygen atoms in total. The summed E-state index contributed by atoms with van der Waals surface area (Å²) in [6.45, 7) is 4.33. The number of rotatable bonds is 4. The molecule has 3 atom stereocenters. The van der Waals surface area contributed by atoms with E-state index < -0.39 is 11.4 Å². The lowest BCUT2D eigenvalue weighted by atomic mass is 9.70. The van der Waals surface area contributed by atoms with Gasteiger partial charge in [0.15, 0.2) is 0 Å². The molecule has 0 amide bonds. The van der Waals surface area contributed by atoms with E-state index in [9.17, 15) is 9.90 Å². The van der Waals surface area contributed by atoms with Crippen molar-refractivity contribution in [3.63, 3.8) is 0 Å². The first-order chi connectivity index (χ1) is 9.51. The summed E-state index contributed by atoms with van der Waals surface area (Å²) in [4.78, 5) is 11.8. The number of ether oxygens (including phenoxy) is 1. The Labute approximate surface area is 120 Å². The van der Waals surface area contributed by atoms with E-state index in [2.05, 4.69) is 38.1 Å². The molecule has 0 saturated carbocycles. The SMILES string of the molecule is CC(C)c1ccc(CC2(C(=O)O)CC3CCC2O3)cc1. The Bertz CT molecular complexity index is 505. The lowest BCUT2D eigenvalue weighted by molar-refractivity contribution is -0.152. The van der Waals surface area contributed by atoms with E-state index in [1.165, 1.54) is 5.56 Å². The smallest absolute Gasteiger partial charge is 0.312 e. The lowest BCUT2D eigenvalue weighted by Crippen LogP contribution is -2.42. The van der Waals surface area contributed by atoms with Crippen molar-refractivity contribution in [2.75, 3.05) is 0 Å². The maximum Gasteiger partial charge on any atom is 0.312 e. The Morgan fingerprint density at radius 1 is 1.35 bits per heavy atom. The van der Waals surface area contributed by atoms with Crippen molar-refractivity contribution < 1.29 is 14.6 Å². The van der Waals surface area contributed by atoms with Gasteiger partial charge in [0.25, 0.3) is 0 Å². The predicted octanol–water partition coefficient (Wildman–Crippen LogP) is 3.37. The second-order valence-corrected chi connectivity index (χ2v) is 6.56. The number of carboxylic acids is 1. The molecule has 3 rings (SSSR count). The molecule has 3 heteroatoms. The van der Waals surface area contributed by atoms with Crippen LogP contribution in [0.2, 0.25) is 0 Å². The average Bonchev–Trinajstić information content (AvgIpc) is 3.00. The van der Waals surface area contributed by atoms with E-state index in [0.717, 1.165) is 18.4 Å². The van der Waals surface area contributed by atoms with Crippen LogP contribution in [-0.4, -0.2) is 23.3 Å². The highest BCUT2D eigenvalue weighted by molar-refractivity contribution is 5.76. The van der Waals surface area contributed by atoms with Gasteiger partial charge in [0.1, 0.15) is 5.41 Å². The topological polar surface area (TPSA) is 46.5 Å². The monoisotopic (exact) mass is 274 g/mol. The fraction of sp³-hybridized carbons (Fsp3) is 0.588. The zero-order valence-electron chi connectivity index (χ0n) is 12.1. The van der Waals surface area contributed by atoms with Gasteiger partial charge in [-0.3, -0.25) is 4.79 Å². The molecule has 3 unspecified atom stereocenters. The number of aliphatic carboxylic acids is 1.